The van der Waals surface area contributed by atoms with Gasteiger partial charge in [-0.15, -0.1) is 0 Å². The van der Waals surface area contributed by atoms with Crippen molar-refractivity contribution in [1.29, 1.82) is 0 Å². The molecule has 0 N–H and O–H groups in total. The topological polar surface area (TPSA) is 148 Å². The standard InChI is InChI=1S/C92H98O16/c1-7-20-75(21-8-1)91(76-22-9-2-10-23-76,77-24-11-3-12-25-77)81-34-38-83(39-35-81)101-66-58-93-50-52-95-60-68-103-85-42-46-87(47-43-85)105-70-62-97-54-56-99-64-72-107-89-32-19-33-90(74-89)108-73-65-100-57-55-98-63-71-106-88-48-44-86(45-49-88)104-69-61-96-53-51-94-59-67-102-84-40-36-82(37-41-84)92(78-26-13-4-14-27-78,79-28-15-5-16-29-79)80-30-17-6-18-31-80/h1-49,74H,50-73H2. The van der Waals surface area contributed by atoms with E-state index in [1.54, 1.807) is 0 Å². The molecular formula is C92H98O16. The normalized spacial score (nSPS) is 11.4. The lowest BCUT2D eigenvalue weighted by Gasteiger charge is -2.36. The highest BCUT2D eigenvalue weighted by atomic mass is 16.6. The van der Waals surface area contributed by atoms with E-state index in [-0.39, 0.29) is 0 Å². The second-order valence-electron chi connectivity index (χ2n) is 24.8. The number of ether oxygens (including phenoxy) is 16. The van der Waals surface area contributed by atoms with Crippen molar-refractivity contribution in [3.05, 3.63) is 348 Å². The van der Waals surface area contributed by atoms with Gasteiger partial charge in [-0.25, -0.2) is 0 Å². The van der Waals surface area contributed by atoms with Gasteiger partial charge in [-0.1, -0.05) is 212 Å². The molecule has 0 heterocycles. The smallest absolute Gasteiger partial charge is 0.123 e. The zero-order valence-electron chi connectivity index (χ0n) is 61.4. The van der Waals surface area contributed by atoms with Gasteiger partial charge in [0.25, 0.3) is 0 Å². The molecule has 11 aromatic rings. The van der Waals surface area contributed by atoms with E-state index in [2.05, 4.69) is 206 Å². The van der Waals surface area contributed by atoms with Gasteiger partial charge >= 0.3 is 0 Å². The summed E-state index contributed by atoms with van der Waals surface area (Å²) >= 11 is 0. The summed E-state index contributed by atoms with van der Waals surface area (Å²) in [6.45, 7) is 10.3. The fourth-order valence-corrected chi connectivity index (χ4v) is 12.7. The maximum Gasteiger partial charge on any atom is 0.123 e. The van der Waals surface area contributed by atoms with E-state index in [0.717, 1.165) is 45.6 Å². The van der Waals surface area contributed by atoms with Gasteiger partial charge in [0.05, 0.1) is 117 Å². The lowest BCUT2D eigenvalue weighted by atomic mass is 9.65. The van der Waals surface area contributed by atoms with Crippen molar-refractivity contribution >= 4 is 0 Å². The molecule has 0 amide bonds. The van der Waals surface area contributed by atoms with Gasteiger partial charge in [0.2, 0.25) is 0 Å². The summed E-state index contributed by atoms with van der Waals surface area (Å²) in [4.78, 5) is 0. The van der Waals surface area contributed by atoms with Crippen molar-refractivity contribution < 1.29 is 75.8 Å². The van der Waals surface area contributed by atoms with Crippen molar-refractivity contribution in [2.45, 2.75) is 10.8 Å². The predicted octanol–water partition coefficient (Wildman–Crippen LogP) is 16.4. The Labute approximate surface area is 635 Å². The van der Waals surface area contributed by atoms with Crippen LogP contribution >= 0.6 is 0 Å². The van der Waals surface area contributed by atoms with Gasteiger partial charge in [-0.2, -0.15) is 0 Å². The van der Waals surface area contributed by atoms with Gasteiger partial charge in [0, 0.05) is 6.07 Å². The van der Waals surface area contributed by atoms with E-state index in [1.165, 1.54) is 33.4 Å². The first-order valence-corrected chi connectivity index (χ1v) is 37.1. The Morgan fingerprint density at radius 3 is 0.463 bits per heavy atom. The summed E-state index contributed by atoms with van der Waals surface area (Å²) < 4.78 is 93.1. The second kappa shape index (κ2) is 45.2. The highest BCUT2D eigenvalue weighted by molar-refractivity contribution is 5.62. The maximum absolute atomic E-state index is 6.08. The molecule has 0 aliphatic heterocycles. The highest BCUT2D eigenvalue weighted by Crippen LogP contribution is 2.47. The largest absolute Gasteiger partial charge is 0.491 e. The number of rotatable bonds is 52. The quantitative estimate of drug-likeness (QED) is 0.0263. The molecule has 0 fully saturated rings. The molecule has 0 atom stereocenters. The molecule has 0 aliphatic carbocycles. The molecule has 0 saturated carbocycles. The SMILES string of the molecule is c1ccc(C(c2ccccc2)(c2ccccc2)c2ccc(OCCOCCOCCOc3ccc(OCCOCCOCCOc4cccc(OCCOCCOCCOc5ccc(OCCOCCOCCOc6ccc(C(c7ccccc7)(c7ccccc7)c7ccccc7)cc6)cc5)c4)cc3)cc2)cc1. The molecule has 0 saturated heterocycles. The Kier molecular flexibility index (Phi) is 32.9. The Morgan fingerprint density at radius 2 is 0.278 bits per heavy atom. The van der Waals surface area contributed by atoms with Crippen LogP contribution < -0.4 is 37.9 Å². The van der Waals surface area contributed by atoms with E-state index in [4.69, 9.17) is 75.8 Å². The summed E-state index contributed by atoms with van der Waals surface area (Å²) in [5.41, 5.74) is 8.49. The van der Waals surface area contributed by atoms with Crippen LogP contribution in [0.2, 0.25) is 0 Å². The zero-order valence-corrected chi connectivity index (χ0v) is 61.4. The number of hydrogen-bond donors (Lipinski definition) is 0. The first kappa shape index (κ1) is 78.6. The lowest BCUT2D eigenvalue weighted by molar-refractivity contribution is 0.0265. The number of hydrogen-bond acceptors (Lipinski definition) is 16. The van der Waals surface area contributed by atoms with Crippen molar-refractivity contribution in [2.75, 3.05) is 159 Å². The van der Waals surface area contributed by atoms with Crippen LogP contribution in [0.5, 0.6) is 46.0 Å². The van der Waals surface area contributed by atoms with Crippen molar-refractivity contribution in [1.82, 2.24) is 0 Å². The van der Waals surface area contributed by atoms with E-state index < -0.39 is 10.8 Å². The molecule has 108 heavy (non-hydrogen) atoms. The third-order valence-electron chi connectivity index (χ3n) is 17.7. The monoisotopic (exact) mass is 1460 g/mol. The van der Waals surface area contributed by atoms with Crippen LogP contribution in [-0.4, -0.2) is 159 Å². The van der Waals surface area contributed by atoms with E-state index in [0.29, 0.717) is 170 Å². The summed E-state index contributed by atoms with van der Waals surface area (Å²) in [6.07, 6.45) is 0. The molecule has 0 radical (unpaired) electrons. The summed E-state index contributed by atoms with van der Waals surface area (Å²) in [5.74, 6) is 5.87. The highest BCUT2D eigenvalue weighted by Gasteiger charge is 2.39. The van der Waals surface area contributed by atoms with Crippen molar-refractivity contribution in [3.8, 4) is 46.0 Å². The van der Waals surface area contributed by atoms with Crippen LogP contribution in [0.3, 0.4) is 0 Å². The molecule has 562 valence electrons. The van der Waals surface area contributed by atoms with Crippen LogP contribution in [0.4, 0.5) is 0 Å². The molecule has 16 heteroatoms. The van der Waals surface area contributed by atoms with E-state index in [1.807, 2.05) is 97.1 Å². The van der Waals surface area contributed by atoms with Crippen LogP contribution in [0.15, 0.2) is 303 Å². The first-order chi connectivity index (χ1) is 53.6. The Balaban J connectivity index is 0.437. The minimum Gasteiger partial charge on any atom is -0.491 e. The molecule has 0 aliphatic rings. The summed E-state index contributed by atoms with van der Waals surface area (Å²) in [5, 5.41) is 0. The summed E-state index contributed by atoms with van der Waals surface area (Å²) in [7, 11) is 0. The van der Waals surface area contributed by atoms with Gasteiger partial charge in [0.1, 0.15) is 98.9 Å². The van der Waals surface area contributed by atoms with Crippen LogP contribution in [0.25, 0.3) is 0 Å². The van der Waals surface area contributed by atoms with Gasteiger partial charge < -0.3 is 75.8 Å². The molecule has 0 unspecified atom stereocenters. The predicted molar refractivity (Wildman–Crippen MR) is 419 cm³/mol. The molecular weight excluding hydrogens is 1360 g/mol. The third kappa shape index (κ3) is 24.3. The lowest BCUT2D eigenvalue weighted by Crippen LogP contribution is -2.30. The summed E-state index contributed by atoms with van der Waals surface area (Å²) in [6, 6.07) is 103. The Hall–Kier alpha value is -10.5. The minimum atomic E-state index is -0.500. The molecule has 16 nitrogen and oxygen atoms in total. The molecule has 0 aromatic heterocycles. The van der Waals surface area contributed by atoms with E-state index >= 15 is 0 Å². The Morgan fingerprint density at radius 1 is 0.130 bits per heavy atom. The van der Waals surface area contributed by atoms with Crippen molar-refractivity contribution in [3.63, 3.8) is 0 Å². The van der Waals surface area contributed by atoms with Gasteiger partial charge in [0.15, 0.2) is 0 Å². The van der Waals surface area contributed by atoms with Gasteiger partial charge in [-0.05, 0) is 129 Å². The number of benzene rings is 11. The Bertz CT molecular complexity index is 3700. The van der Waals surface area contributed by atoms with Crippen LogP contribution in [0.1, 0.15) is 44.5 Å². The third-order valence-corrected chi connectivity index (χ3v) is 17.7. The fraction of sp³-hybridized carbons (Fsp3) is 0.283. The first-order valence-electron chi connectivity index (χ1n) is 37.1. The maximum atomic E-state index is 6.08. The minimum absolute atomic E-state index is 0.388. The second-order valence-corrected chi connectivity index (χ2v) is 24.8. The molecule has 11 aromatic carbocycles. The zero-order chi connectivity index (χ0) is 73.9. The fourth-order valence-electron chi connectivity index (χ4n) is 12.7. The molecule has 11 rings (SSSR count). The average Bonchev–Trinajstić information content (AvgIpc) is 0.744. The average molecular weight is 1460 g/mol. The molecule has 0 spiro atoms. The van der Waals surface area contributed by atoms with Crippen molar-refractivity contribution in [2.24, 2.45) is 0 Å². The molecule has 0 bridgehead atoms. The van der Waals surface area contributed by atoms with Crippen LogP contribution in [0, 0.1) is 0 Å². The van der Waals surface area contributed by atoms with Gasteiger partial charge in [-0.3, -0.25) is 0 Å². The van der Waals surface area contributed by atoms with E-state index in [9.17, 15) is 0 Å². The van der Waals surface area contributed by atoms with Crippen LogP contribution in [-0.2, 0) is 48.7 Å².